The Morgan fingerprint density at radius 1 is 1.04 bits per heavy atom. The van der Waals surface area contributed by atoms with Crippen molar-refractivity contribution in [2.24, 2.45) is 0 Å². The second-order valence-electron chi connectivity index (χ2n) is 5.27. The predicted octanol–water partition coefficient (Wildman–Crippen LogP) is 1.01. The number of anilines is 1. The summed E-state index contributed by atoms with van der Waals surface area (Å²) < 4.78 is 5.04. The van der Waals surface area contributed by atoms with E-state index in [9.17, 15) is 14.4 Å². The van der Waals surface area contributed by atoms with Crippen LogP contribution in [0.1, 0.15) is 13.8 Å². The van der Waals surface area contributed by atoms with Gasteiger partial charge in [0.15, 0.2) is 0 Å². The van der Waals surface area contributed by atoms with Crippen molar-refractivity contribution in [2.45, 2.75) is 19.9 Å². The van der Waals surface area contributed by atoms with Crippen LogP contribution in [-0.4, -0.2) is 48.9 Å². The number of nitrogens with one attached hydrogen (secondary N) is 3. The molecule has 0 radical (unpaired) electrons. The Morgan fingerprint density at radius 2 is 1.67 bits per heavy atom. The van der Waals surface area contributed by atoms with E-state index < -0.39 is 0 Å². The Balaban J connectivity index is 2.20. The first-order chi connectivity index (χ1) is 11.4. The minimum absolute atomic E-state index is 0.0328. The van der Waals surface area contributed by atoms with Crippen LogP contribution in [0.15, 0.2) is 24.3 Å². The van der Waals surface area contributed by atoms with Crippen LogP contribution in [0.25, 0.3) is 0 Å². The molecule has 0 aliphatic carbocycles. The summed E-state index contributed by atoms with van der Waals surface area (Å²) in [5.41, 5.74) is 0.663. The molecule has 3 N–H and O–H groups in total. The van der Waals surface area contributed by atoms with Gasteiger partial charge in [-0.05, 0) is 38.1 Å². The number of rotatable bonds is 9. The van der Waals surface area contributed by atoms with Gasteiger partial charge in [-0.2, -0.15) is 0 Å². The molecular formula is C16H23N3O4S. The fourth-order valence-corrected chi connectivity index (χ4v) is 2.36. The minimum atomic E-state index is -0.281. The first-order valence-corrected chi connectivity index (χ1v) is 8.64. The molecule has 0 atom stereocenters. The highest BCUT2D eigenvalue weighted by atomic mass is 32.2. The second kappa shape index (κ2) is 10.5. The summed E-state index contributed by atoms with van der Waals surface area (Å²) in [6, 6.07) is 7.00. The minimum Gasteiger partial charge on any atom is -0.497 e. The third-order valence-corrected chi connectivity index (χ3v) is 3.67. The lowest BCUT2D eigenvalue weighted by Gasteiger charge is -2.09. The maximum atomic E-state index is 11.8. The van der Waals surface area contributed by atoms with Gasteiger partial charge >= 0.3 is 0 Å². The van der Waals surface area contributed by atoms with Gasteiger partial charge < -0.3 is 20.7 Å². The number of amides is 3. The van der Waals surface area contributed by atoms with E-state index in [4.69, 9.17) is 4.74 Å². The van der Waals surface area contributed by atoms with Gasteiger partial charge in [-0.15, -0.1) is 11.8 Å². The smallest absolute Gasteiger partial charge is 0.239 e. The van der Waals surface area contributed by atoms with Crippen LogP contribution in [0.5, 0.6) is 5.75 Å². The molecule has 1 aromatic carbocycles. The lowest BCUT2D eigenvalue weighted by atomic mass is 10.3. The van der Waals surface area contributed by atoms with Crippen molar-refractivity contribution >= 4 is 35.2 Å². The fraction of sp³-hybridized carbons (Fsp3) is 0.438. The molecule has 0 aliphatic heterocycles. The Hall–Kier alpha value is -2.22. The lowest BCUT2D eigenvalue weighted by Crippen LogP contribution is -2.40. The number of carbonyl (C=O) groups is 3. The molecule has 0 aromatic heterocycles. The van der Waals surface area contributed by atoms with Crippen molar-refractivity contribution in [2.75, 3.05) is 30.5 Å². The third kappa shape index (κ3) is 8.42. The molecule has 0 saturated heterocycles. The topological polar surface area (TPSA) is 96.5 Å². The standard InChI is InChI=1S/C16H23N3O4S/c1-11(2)18-14(20)8-17-15(21)9-24-10-16(22)19-12-4-6-13(23-3)7-5-12/h4-7,11H,8-10H2,1-3H3,(H,17,21)(H,18,20)(H,19,22). The first-order valence-electron chi connectivity index (χ1n) is 7.48. The number of hydrogen-bond acceptors (Lipinski definition) is 5. The molecule has 7 nitrogen and oxygen atoms in total. The SMILES string of the molecule is COc1ccc(NC(=O)CSCC(=O)NCC(=O)NC(C)C)cc1. The maximum absolute atomic E-state index is 11.8. The first kappa shape index (κ1) is 19.8. The summed E-state index contributed by atoms with van der Waals surface area (Å²) in [5, 5.41) is 7.91. The highest BCUT2D eigenvalue weighted by Gasteiger charge is 2.08. The molecule has 3 amide bonds. The van der Waals surface area contributed by atoms with E-state index in [0.717, 1.165) is 0 Å². The molecule has 0 unspecified atom stereocenters. The normalized spacial score (nSPS) is 10.2. The van der Waals surface area contributed by atoms with Crippen molar-refractivity contribution in [3.63, 3.8) is 0 Å². The fourth-order valence-electron chi connectivity index (χ4n) is 1.71. The van der Waals surface area contributed by atoms with Gasteiger partial charge in [0.05, 0.1) is 25.2 Å². The van der Waals surface area contributed by atoms with Crippen molar-refractivity contribution in [1.82, 2.24) is 10.6 Å². The van der Waals surface area contributed by atoms with E-state index >= 15 is 0 Å². The summed E-state index contributed by atoms with van der Waals surface area (Å²) in [6.45, 7) is 3.63. The maximum Gasteiger partial charge on any atom is 0.239 e. The molecule has 1 rings (SSSR count). The van der Waals surface area contributed by atoms with E-state index in [2.05, 4.69) is 16.0 Å². The third-order valence-electron chi connectivity index (χ3n) is 2.74. The molecule has 0 spiro atoms. The number of thioether (sulfide) groups is 1. The van der Waals surface area contributed by atoms with E-state index in [-0.39, 0.29) is 41.8 Å². The lowest BCUT2D eigenvalue weighted by molar-refractivity contribution is -0.125. The van der Waals surface area contributed by atoms with Crippen molar-refractivity contribution < 1.29 is 19.1 Å². The van der Waals surface area contributed by atoms with E-state index in [1.807, 2.05) is 13.8 Å². The van der Waals surface area contributed by atoms with Crippen LogP contribution in [0, 0.1) is 0 Å². The summed E-state index contributed by atoms with van der Waals surface area (Å²) >= 11 is 1.18. The highest BCUT2D eigenvalue weighted by molar-refractivity contribution is 8.00. The summed E-state index contributed by atoms with van der Waals surface area (Å²) in [7, 11) is 1.57. The number of carbonyl (C=O) groups excluding carboxylic acids is 3. The van der Waals surface area contributed by atoms with Crippen LogP contribution in [0.3, 0.4) is 0 Å². The molecule has 8 heteroatoms. The second-order valence-corrected chi connectivity index (χ2v) is 6.25. The quantitative estimate of drug-likeness (QED) is 0.616. The van der Waals surface area contributed by atoms with Gasteiger partial charge in [-0.3, -0.25) is 14.4 Å². The zero-order valence-corrected chi connectivity index (χ0v) is 14.9. The van der Waals surface area contributed by atoms with Gasteiger partial charge in [-0.25, -0.2) is 0 Å². The Labute approximate surface area is 145 Å². The Bertz CT molecular complexity index is 561. The van der Waals surface area contributed by atoms with Gasteiger partial charge in [0.25, 0.3) is 0 Å². The number of benzene rings is 1. The molecule has 1 aromatic rings. The Kier molecular flexibility index (Phi) is 8.70. The van der Waals surface area contributed by atoms with Gasteiger partial charge in [0, 0.05) is 11.7 Å². The zero-order chi connectivity index (χ0) is 17.9. The van der Waals surface area contributed by atoms with Crippen molar-refractivity contribution in [3.05, 3.63) is 24.3 Å². The van der Waals surface area contributed by atoms with E-state index in [0.29, 0.717) is 11.4 Å². The average Bonchev–Trinajstić information content (AvgIpc) is 2.53. The van der Waals surface area contributed by atoms with Crippen LogP contribution in [-0.2, 0) is 14.4 Å². The molecule has 132 valence electrons. The number of ether oxygens (including phenoxy) is 1. The van der Waals surface area contributed by atoms with Crippen molar-refractivity contribution in [3.8, 4) is 5.75 Å². The van der Waals surface area contributed by atoms with Crippen LogP contribution in [0.4, 0.5) is 5.69 Å². The van der Waals surface area contributed by atoms with Crippen LogP contribution >= 0.6 is 11.8 Å². The highest BCUT2D eigenvalue weighted by Crippen LogP contribution is 2.15. The summed E-state index contributed by atoms with van der Waals surface area (Å²) in [5.74, 6) is 0.260. The zero-order valence-electron chi connectivity index (χ0n) is 14.0. The average molecular weight is 353 g/mol. The van der Waals surface area contributed by atoms with Crippen LogP contribution < -0.4 is 20.7 Å². The van der Waals surface area contributed by atoms with Crippen LogP contribution in [0.2, 0.25) is 0 Å². The van der Waals surface area contributed by atoms with Gasteiger partial charge in [0.2, 0.25) is 17.7 Å². The molecule has 0 bridgehead atoms. The monoisotopic (exact) mass is 353 g/mol. The summed E-state index contributed by atoms with van der Waals surface area (Å²) in [6.07, 6.45) is 0. The van der Waals surface area contributed by atoms with Crippen molar-refractivity contribution in [1.29, 1.82) is 0 Å². The van der Waals surface area contributed by atoms with E-state index in [1.165, 1.54) is 11.8 Å². The molecule has 0 fully saturated rings. The number of hydrogen-bond donors (Lipinski definition) is 3. The molecule has 0 heterocycles. The largest absolute Gasteiger partial charge is 0.497 e. The molecule has 0 saturated carbocycles. The summed E-state index contributed by atoms with van der Waals surface area (Å²) in [4.78, 5) is 34.7. The number of methoxy groups -OCH3 is 1. The van der Waals surface area contributed by atoms with E-state index in [1.54, 1.807) is 31.4 Å². The van der Waals surface area contributed by atoms with Gasteiger partial charge in [-0.1, -0.05) is 0 Å². The molecule has 0 aliphatic rings. The molecule has 24 heavy (non-hydrogen) atoms. The molecular weight excluding hydrogens is 330 g/mol. The predicted molar refractivity (Wildman–Crippen MR) is 95.2 cm³/mol. The van der Waals surface area contributed by atoms with Gasteiger partial charge in [0.1, 0.15) is 5.75 Å². The Morgan fingerprint density at radius 3 is 2.25 bits per heavy atom.